The first-order valence-electron chi connectivity index (χ1n) is 10.9. The van der Waals surface area contributed by atoms with Crippen LogP contribution in [0.1, 0.15) is 25.5 Å². The highest BCUT2D eigenvalue weighted by molar-refractivity contribution is 8.01. The van der Waals surface area contributed by atoms with Crippen LogP contribution in [0.25, 0.3) is 0 Å². The van der Waals surface area contributed by atoms with Gasteiger partial charge in [0.05, 0.1) is 0 Å². The summed E-state index contributed by atoms with van der Waals surface area (Å²) in [5.41, 5.74) is 0.401. The number of nitrogens with zero attached hydrogens (tertiary/aromatic N) is 3. The first kappa shape index (κ1) is 24.5. The van der Waals surface area contributed by atoms with Crippen molar-refractivity contribution in [1.82, 2.24) is 25.3 Å². The molecule has 4 unspecified atom stereocenters. The molecule has 3 fully saturated rings. The maximum atomic E-state index is 13.3. The molecular weight excluding hydrogens is 478 g/mol. The molecule has 3 saturated heterocycles. The van der Waals surface area contributed by atoms with E-state index in [1.165, 1.54) is 28.6 Å². The number of rotatable bonds is 5. The van der Waals surface area contributed by atoms with E-state index in [0.29, 0.717) is 5.56 Å². The third-order valence-corrected chi connectivity index (χ3v) is 7.89. The average Bonchev–Trinajstić information content (AvgIpc) is 3.07. The van der Waals surface area contributed by atoms with Crippen molar-refractivity contribution in [3.8, 4) is 0 Å². The number of urea groups is 1. The number of carboxylic acid groups (broad SMARTS) is 1. The van der Waals surface area contributed by atoms with Crippen molar-refractivity contribution in [3.63, 3.8) is 0 Å². The first-order chi connectivity index (χ1) is 16.4. The van der Waals surface area contributed by atoms with Gasteiger partial charge >= 0.3 is 23.8 Å². The number of thioether (sulfide) groups is 1. The second-order valence-electron chi connectivity index (χ2n) is 9.06. The summed E-state index contributed by atoms with van der Waals surface area (Å²) in [6, 6.07) is 4.08. The average molecular weight is 504 g/mol. The fraction of sp³-hybridized carbons (Fsp3) is 0.455. The molecule has 186 valence electrons. The maximum Gasteiger partial charge on any atom is 0.327 e. The number of carboxylic acids is 1. The van der Waals surface area contributed by atoms with Crippen molar-refractivity contribution >= 4 is 47.4 Å². The van der Waals surface area contributed by atoms with Gasteiger partial charge in [-0.25, -0.2) is 9.59 Å². The van der Waals surface area contributed by atoms with Crippen LogP contribution in [0.3, 0.4) is 0 Å². The summed E-state index contributed by atoms with van der Waals surface area (Å²) in [5, 5.41) is 14.1. The van der Waals surface area contributed by atoms with Gasteiger partial charge in [0.25, 0.3) is 0 Å². The molecule has 4 atom stereocenters. The van der Waals surface area contributed by atoms with Crippen LogP contribution in [0, 0.1) is 0 Å². The Kier molecular flexibility index (Phi) is 6.21. The molecule has 0 saturated carbocycles. The Morgan fingerprint density at radius 1 is 1.09 bits per heavy atom. The topological polar surface area (TPSA) is 156 Å². The molecule has 3 aliphatic heterocycles. The molecule has 0 spiro atoms. The standard InChI is InChI=1S/C22H25N5O7S/c1-22(2)14(20(32)33)27-16(29)13(19(27)35-22)23-15(28)12(11-7-5-4-6-8-11)24-21(34)26-10-9-25(3)17(30)18(26)31/h4-8,12-14,19H,9-10H2,1-3H3,(H,23,28)(H,24,34)(H,32,33). The highest BCUT2D eigenvalue weighted by Gasteiger charge is 2.64. The Hall–Kier alpha value is -3.61. The van der Waals surface area contributed by atoms with Crippen LogP contribution in [0.15, 0.2) is 30.3 Å². The van der Waals surface area contributed by atoms with E-state index in [1.54, 1.807) is 44.2 Å². The summed E-state index contributed by atoms with van der Waals surface area (Å²) >= 11 is 1.28. The lowest BCUT2D eigenvalue weighted by atomic mass is 9.95. The number of fused-ring (bicyclic) bond motifs is 1. The predicted octanol–water partition coefficient (Wildman–Crippen LogP) is -0.630. The van der Waals surface area contributed by atoms with E-state index >= 15 is 0 Å². The Bertz CT molecular complexity index is 1110. The van der Waals surface area contributed by atoms with Gasteiger partial charge in [-0.05, 0) is 19.4 Å². The molecule has 3 aliphatic rings. The Labute approximate surface area is 205 Å². The molecule has 3 heterocycles. The van der Waals surface area contributed by atoms with Gasteiger partial charge in [-0.3, -0.25) is 24.1 Å². The number of carbonyl (C=O) groups excluding carboxylic acids is 5. The highest BCUT2D eigenvalue weighted by atomic mass is 32.2. The monoisotopic (exact) mass is 503 g/mol. The van der Waals surface area contributed by atoms with Gasteiger partial charge in [0.15, 0.2) is 0 Å². The Balaban J connectivity index is 1.52. The van der Waals surface area contributed by atoms with Crippen LogP contribution in [0.2, 0.25) is 0 Å². The molecule has 1 aromatic carbocycles. The zero-order valence-corrected chi connectivity index (χ0v) is 20.1. The van der Waals surface area contributed by atoms with Crippen LogP contribution in [0.5, 0.6) is 0 Å². The summed E-state index contributed by atoms with van der Waals surface area (Å²) in [5.74, 6) is -4.18. The lowest BCUT2D eigenvalue weighted by molar-refractivity contribution is -0.161. The molecule has 1 aromatic rings. The zero-order valence-electron chi connectivity index (χ0n) is 19.3. The van der Waals surface area contributed by atoms with Gasteiger partial charge in [-0.2, -0.15) is 0 Å². The van der Waals surface area contributed by atoms with Crippen molar-refractivity contribution in [3.05, 3.63) is 35.9 Å². The Morgan fingerprint density at radius 2 is 1.74 bits per heavy atom. The van der Waals surface area contributed by atoms with Crippen LogP contribution in [-0.2, 0) is 24.0 Å². The minimum Gasteiger partial charge on any atom is -0.480 e. The van der Waals surface area contributed by atoms with Crippen molar-refractivity contribution < 1.29 is 33.9 Å². The molecule has 0 aliphatic carbocycles. The van der Waals surface area contributed by atoms with Gasteiger partial charge in [-0.1, -0.05) is 30.3 Å². The summed E-state index contributed by atoms with van der Waals surface area (Å²) in [6.07, 6.45) is 0. The lowest BCUT2D eigenvalue weighted by Crippen LogP contribution is -2.71. The van der Waals surface area contributed by atoms with Gasteiger partial charge < -0.3 is 25.5 Å². The number of likely N-dealkylation sites (N-methyl/N-ethyl adjacent to an activating group) is 1. The van der Waals surface area contributed by atoms with E-state index in [1.807, 2.05) is 0 Å². The van der Waals surface area contributed by atoms with E-state index < -0.39 is 63.9 Å². The number of carbonyl (C=O) groups is 6. The highest BCUT2D eigenvalue weighted by Crippen LogP contribution is 2.50. The van der Waals surface area contributed by atoms with Crippen molar-refractivity contribution in [2.75, 3.05) is 20.1 Å². The molecule has 35 heavy (non-hydrogen) atoms. The summed E-state index contributed by atoms with van der Waals surface area (Å²) in [6.45, 7) is 3.58. The Morgan fingerprint density at radius 3 is 2.37 bits per heavy atom. The fourth-order valence-electron chi connectivity index (χ4n) is 4.45. The van der Waals surface area contributed by atoms with E-state index in [2.05, 4.69) is 10.6 Å². The third-order valence-electron chi connectivity index (χ3n) is 6.31. The smallest absolute Gasteiger partial charge is 0.327 e. The molecular formula is C22H25N5O7S. The van der Waals surface area contributed by atoms with Crippen molar-refractivity contribution in [2.24, 2.45) is 0 Å². The minimum absolute atomic E-state index is 0.0313. The molecule has 4 rings (SSSR count). The van der Waals surface area contributed by atoms with Gasteiger partial charge in [0.1, 0.15) is 23.5 Å². The van der Waals surface area contributed by atoms with E-state index in [0.717, 1.165) is 4.90 Å². The molecule has 3 N–H and O–H groups in total. The van der Waals surface area contributed by atoms with Crippen molar-refractivity contribution in [2.45, 2.75) is 42.1 Å². The number of aliphatic carboxylic acids is 1. The zero-order chi connectivity index (χ0) is 25.7. The second-order valence-corrected chi connectivity index (χ2v) is 10.8. The van der Waals surface area contributed by atoms with Gasteiger partial charge in [0, 0.05) is 24.9 Å². The van der Waals surface area contributed by atoms with E-state index in [-0.39, 0.29) is 13.1 Å². The number of hydrogen-bond donors (Lipinski definition) is 3. The van der Waals surface area contributed by atoms with Crippen LogP contribution >= 0.6 is 11.8 Å². The number of amides is 6. The van der Waals surface area contributed by atoms with Gasteiger partial charge in [0.2, 0.25) is 11.8 Å². The van der Waals surface area contributed by atoms with Crippen LogP contribution in [0.4, 0.5) is 4.79 Å². The largest absolute Gasteiger partial charge is 0.480 e. The number of hydrogen-bond acceptors (Lipinski definition) is 7. The number of imide groups is 1. The maximum absolute atomic E-state index is 13.3. The van der Waals surface area contributed by atoms with Gasteiger partial charge in [-0.15, -0.1) is 11.8 Å². The molecule has 0 bridgehead atoms. The minimum atomic E-state index is -1.26. The second kappa shape index (κ2) is 8.87. The SMILES string of the molecule is CN1CCN(C(=O)NC(C(=O)NC2C(=O)N3C2SC(C)(C)C3C(=O)O)c2ccccc2)C(=O)C1=O. The van der Waals surface area contributed by atoms with Crippen LogP contribution < -0.4 is 10.6 Å². The fourth-order valence-corrected chi connectivity index (χ4v) is 6.08. The summed E-state index contributed by atoms with van der Waals surface area (Å²) in [7, 11) is 1.45. The van der Waals surface area contributed by atoms with Crippen molar-refractivity contribution in [1.29, 1.82) is 0 Å². The molecule has 12 nitrogen and oxygen atoms in total. The molecule has 6 amide bonds. The summed E-state index contributed by atoms with van der Waals surface area (Å²) in [4.78, 5) is 78.1. The molecule has 0 radical (unpaired) electrons. The lowest BCUT2D eigenvalue weighted by Gasteiger charge is -2.44. The van der Waals surface area contributed by atoms with Crippen LogP contribution in [-0.4, -0.2) is 97.8 Å². The third kappa shape index (κ3) is 4.20. The predicted molar refractivity (Wildman–Crippen MR) is 123 cm³/mol. The summed E-state index contributed by atoms with van der Waals surface area (Å²) < 4.78 is -0.757. The van der Waals surface area contributed by atoms with E-state index in [9.17, 15) is 33.9 Å². The number of β-lactam (4-membered cyclic amide) rings is 1. The number of benzene rings is 1. The number of nitrogens with one attached hydrogen (secondary N) is 2. The number of piperazine rings is 1. The molecule has 13 heteroatoms. The first-order valence-corrected chi connectivity index (χ1v) is 11.8. The quantitative estimate of drug-likeness (QED) is 0.354. The van der Waals surface area contributed by atoms with E-state index in [4.69, 9.17) is 0 Å². The normalized spacial score (nSPS) is 26.1. The molecule has 0 aromatic heterocycles.